The minimum absolute atomic E-state index is 0.00933. The van der Waals surface area contributed by atoms with Crippen LogP contribution in [0.25, 0.3) is 16.8 Å². The van der Waals surface area contributed by atoms with E-state index in [2.05, 4.69) is 10.1 Å². The summed E-state index contributed by atoms with van der Waals surface area (Å²) in [5.74, 6) is -0.226. The highest BCUT2D eigenvalue weighted by Crippen LogP contribution is 2.38. The molecule has 0 bridgehead atoms. The van der Waals surface area contributed by atoms with Gasteiger partial charge < -0.3 is 4.98 Å². The van der Waals surface area contributed by atoms with Crippen LogP contribution >= 0.6 is 11.6 Å². The Hall–Kier alpha value is -3.06. The zero-order valence-electron chi connectivity index (χ0n) is 15.2. The fourth-order valence-corrected chi connectivity index (χ4v) is 3.43. The molecule has 2 heterocycles. The van der Waals surface area contributed by atoms with Gasteiger partial charge in [-0.2, -0.15) is 22.8 Å². The summed E-state index contributed by atoms with van der Waals surface area (Å²) < 4.78 is 41.8. The number of fused-ring (bicyclic) bond motifs is 1. The minimum Gasteiger partial charge on any atom is -0.342 e. The highest BCUT2D eigenvalue weighted by Gasteiger charge is 2.39. The molecule has 0 saturated heterocycles. The third-order valence-corrected chi connectivity index (χ3v) is 5.06. The predicted molar refractivity (Wildman–Crippen MR) is 105 cm³/mol. The summed E-state index contributed by atoms with van der Waals surface area (Å²) >= 11 is 5.88. The molecule has 0 aliphatic rings. The fourth-order valence-electron chi connectivity index (χ4n) is 3.30. The number of nitrogens with zero attached hydrogens (tertiary/aromatic N) is 2. The van der Waals surface area contributed by atoms with Gasteiger partial charge in [0.05, 0.1) is 5.56 Å². The zero-order chi connectivity index (χ0) is 20.8. The maximum atomic E-state index is 13.7. The molecule has 8 heteroatoms. The number of nitrogens with one attached hydrogen (secondary N) is 1. The second-order valence-electron chi connectivity index (χ2n) is 6.68. The number of rotatable bonds is 3. The number of benzene rings is 2. The topological polar surface area (TPSA) is 50.2 Å². The molecule has 4 rings (SSSR count). The maximum absolute atomic E-state index is 13.7. The Morgan fingerprint density at radius 2 is 1.72 bits per heavy atom. The summed E-state index contributed by atoms with van der Waals surface area (Å²) in [5, 5.41) is 3.96. The third-order valence-electron chi connectivity index (χ3n) is 4.80. The van der Waals surface area contributed by atoms with Crippen molar-refractivity contribution in [3.05, 3.63) is 93.0 Å². The molecule has 0 fully saturated rings. The van der Waals surface area contributed by atoms with Crippen LogP contribution in [-0.2, 0) is 6.18 Å². The van der Waals surface area contributed by atoms with Crippen LogP contribution in [0.2, 0.25) is 5.02 Å². The Kier molecular flexibility index (Phi) is 4.70. The lowest BCUT2D eigenvalue weighted by atomic mass is 9.97. The Morgan fingerprint density at radius 1 is 1.07 bits per heavy atom. The monoisotopic (exact) mass is 417 g/mol. The highest BCUT2D eigenvalue weighted by atomic mass is 35.5. The number of hydrogen-bond acceptors (Lipinski definition) is 2. The van der Waals surface area contributed by atoms with E-state index in [1.54, 1.807) is 0 Å². The molecule has 0 aliphatic carbocycles. The standard InChI is InChI=1S/C21H15ClF3N3O/c1-12(13-5-3-2-4-6-13)16-11-17(29)28-20(26-16)18(19(27-28)21(23,24)25)14-7-9-15(22)10-8-14/h2-12,26H,1H3. The summed E-state index contributed by atoms with van der Waals surface area (Å²) in [7, 11) is 0. The molecule has 2 aromatic heterocycles. The molecule has 4 aromatic rings. The van der Waals surface area contributed by atoms with E-state index in [9.17, 15) is 18.0 Å². The summed E-state index contributed by atoms with van der Waals surface area (Å²) in [5.41, 5.74) is -0.274. The molecule has 0 saturated carbocycles. The van der Waals surface area contributed by atoms with Gasteiger partial charge in [0.15, 0.2) is 5.69 Å². The molecule has 4 nitrogen and oxygen atoms in total. The molecule has 0 radical (unpaired) electrons. The van der Waals surface area contributed by atoms with Crippen molar-refractivity contribution in [1.29, 1.82) is 0 Å². The van der Waals surface area contributed by atoms with Gasteiger partial charge >= 0.3 is 6.18 Å². The van der Waals surface area contributed by atoms with Gasteiger partial charge in [-0.3, -0.25) is 4.79 Å². The van der Waals surface area contributed by atoms with E-state index in [4.69, 9.17) is 11.6 Å². The Bertz CT molecular complexity index is 1230. The van der Waals surface area contributed by atoms with Crippen molar-refractivity contribution in [2.45, 2.75) is 19.0 Å². The zero-order valence-corrected chi connectivity index (χ0v) is 15.9. The first-order valence-electron chi connectivity index (χ1n) is 8.79. The molecule has 0 spiro atoms. The van der Waals surface area contributed by atoms with Gasteiger partial charge in [0, 0.05) is 22.7 Å². The molecule has 1 atom stereocenters. The number of alkyl halides is 3. The number of aromatic nitrogens is 3. The van der Waals surface area contributed by atoms with Gasteiger partial charge in [-0.05, 0) is 23.3 Å². The number of H-pyrrole nitrogens is 1. The van der Waals surface area contributed by atoms with Crippen LogP contribution in [0.1, 0.15) is 29.8 Å². The first-order valence-corrected chi connectivity index (χ1v) is 9.17. The van der Waals surface area contributed by atoms with Gasteiger partial charge in [-0.15, -0.1) is 0 Å². The van der Waals surface area contributed by atoms with Gasteiger partial charge in [0.2, 0.25) is 0 Å². The molecular formula is C21H15ClF3N3O. The second-order valence-corrected chi connectivity index (χ2v) is 7.12. The molecule has 0 amide bonds. The van der Waals surface area contributed by atoms with Crippen LogP contribution in [0, 0.1) is 0 Å². The van der Waals surface area contributed by atoms with Crippen LogP contribution in [-0.4, -0.2) is 14.6 Å². The van der Waals surface area contributed by atoms with Crippen molar-refractivity contribution in [2.75, 3.05) is 0 Å². The molecule has 1 unspecified atom stereocenters. The number of hydrogen-bond donors (Lipinski definition) is 1. The maximum Gasteiger partial charge on any atom is 0.435 e. The van der Waals surface area contributed by atoms with E-state index >= 15 is 0 Å². The van der Waals surface area contributed by atoms with E-state index in [1.807, 2.05) is 37.3 Å². The van der Waals surface area contributed by atoms with Gasteiger partial charge in [0.25, 0.3) is 5.56 Å². The van der Waals surface area contributed by atoms with E-state index < -0.39 is 17.4 Å². The van der Waals surface area contributed by atoms with Crippen molar-refractivity contribution >= 4 is 17.2 Å². The predicted octanol–water partition coefficient (Wildman–Crippen LogP) is 5.51. The summed E-state index contributed by atoms with van der Waals surface area (Å²) in [6.07, 6.45) is -4.73. The molecule has 0 aliphatic heterocycles. The highest BCUT2D eigenvalue weighted by molar-refractivity contribution is 6.30. The Morgan fingerprint density at radius 3 is 2.34 bits per heavy atom. The van der Waals surface area contributed by atoms with Crippen LogP contribution in [0.3, 0.4) is 0 Å². The average molecular weight is 418 g/mol. The van der Waals surface area contributed by atoms with Crippen LogP contribution in [0.5, 0.6) is 0 Å². The van der Waals surface area contributed by atoms with Crippen LogP contribution in [0.4, 0.5) is 13.2 Å². The van der Waals surface area contributed by atoms with Gasteiger partial charge in [-0.25, -0.2) is 0 Å². The van der Waals surface area contributed by atoms with Crippen molar-refractivity contribution < 1.29 is 13.2 Å². The first kappa shape index (κ1) is 19.3. The van der Waals surface area contributed by atoms with E-state index in [0.29, 0.717) is 10.7 Å². The summed E-state index contributed by atoms with van der Waals surface area (Å²) in [6.45, 7) is 1.88. The Balaban J connectivity index is 1.99. The second kappa shape index (κ2) is 7.08. The average Bonchev–Trinajstić information content (AvgIpc) is 3.09. The summed E-state index contributed by atoms with van der Waals surface area (Å²) in [4.78, 5) is 15.6. The van der Waals surface area contributed by atoms with Gasteiger partial charge in [0.1, 0.15) is 5.65 Å². The minimum atomic E-state index is -4.73. The lowest BCUT2D eigenvalue weighted by molar-refractivity contribution is -0.140. The summed E-state index contributed by atoms with van der Waals surface area (Å²) in [6, 6.07) is 16.6. The van der Waals surface area contributed by atoms with E-state index in [-0.39, 0.29) is 22.7 Å². The molecular weight excluding hydrogens is 403 g/mol. The first-order chi connectivity index (χ1) is 13.8. The van der Waals surface area contributed by atoms with Crippen molar-refractivity contribution in [3.63, 3.8) is 0 Å². The van der Waals surface area contributed by atoms with Crippen LogP contribution in [0.15, 0.2) is 65.5 Å². The molecule has 148 valence electrons. The van der Waals surface area contributed by atoms with Crippen LogP contribution < -0.4 is 5.56 Å². The number of halogens is 4. The lowest BCUT2D eigenvalue weighted by Crippen LogP contribution is -2.17. The molecule has 1 N–H and O–H groups in total. The largest absolute Gasteiger partial charge is 0.435 e. The van der Waals surface area contributed by atoms with Crippen molar-refractivity contribution in [2.24, 2.45) is 0 Å². The smallest absolute Gasteiger partial charge is 0.342 e. The fraction of sp³-hybridized carbons (Fsp3) is 0.143. The molecule has 2 aromatic carbocycles. The normalized spacial score (nSPS) is 13.0. The van der Waals surface area contributed by atoms with Crippen molar-refractivity contribution in [3.8, 4) is 11.1 Å². The van der Waals surface area contributed by atoms with E-state index in [1.165, 1.54) is 30.3 Å². The Labute approximate surface area is 168 Å². The quantitative estimate of drug-likeness (QED) is 0.477. The van der Waals surface area contributed by atoms with Gasteiger partial charge in [-0.1, -0.05) is 61.0 Å². The van der Waals surface area contributed by atoms with E-state index in [0.717, 1.165) is 10.1 Å². The van der Waals surface area contributed by atoms with Crippen molar-refractivity contribution in [1.82, 2.24) is 14.6 Å². The number of aromatic amines is 1. The third kappa shape index (κ3) is 3.53. The lowest BCUT2D eigenvalue weighted by Gasteiger charge is -2.13. The molecule has 29 heavy (non-hydrogen) atoms. The SMILES string of the molecule is CC(c1ccccc1)c1cc(=O)n2nc(C(F)(F)F)c(-c3ccc(Cl)cc3)c2[nH]1.